The summed E-state index contributed by atoms with van der Waals surface area (Å²) in [6.07, 6.45) is 2.19. The minimum absolute atomic E-state index is 0.0189. The van der Waals surface area contributed by atoms with E-state index >= 15 is 0 Å². The summed E-state index contributed by atoms with van der Waals surface area (Å²) in [4.78, 5) is 0. The van der Waals surface area contributed by atoms with Crippen LogP contribution in [0, 0.1) is 0 Å². The van der Waals surface area contributed by atoms with E-state index in [9.17, 15) is 0 Å². The van der Waals surface area contributed by atoms with Crippen LogP contribution in [0.3, 0.4) is 0 Å². The maximum Gasteiger partial charge on any atom is 0.0615 e. The second kappa shape index (κ2) is 8.08. The molecule has 15 heavy (non-hydrogen) atoms. The van der Waals surface area contributed by atoms with Crippen molar-refractivity contribution in [1.82, 2.24) is 5.32 Å². The van der Waals surface area contributed by atoms with E-state index in [2.05, 4.69) is 33.0 Å². The fourth-order valence-corrected chi connectivity index (χ4v) is 1.44. The Morgan fingerprint density at radius 2 is 1.93 bits per heavy atom. The first-order chi connectivity index (χ1) is 6.99. The molecule has 0 rings (SSSR count). The highest BCUT2D eigenvalue weighted by Gasteiger charge is 2.11. The zero-order valence-electron chi connectivity index (χ0n) is 10.9. The van der Waals surface area contributed by atoms with Crippen molar-refractivity contribution in [2.24, 2.45) is 0 Å². The molecule has 0 aliphatic rings. The van der Waals surface area contributed by atoms with Crippen LogP contribution in [0.1, 0.15) is 40.5 Å². The average Bonchev–Trinajstić information content (AvgIpc) is 2.11. The van der Waals surface area contributed by atoms with Gasteiger partial charge in [0.25, 0.3) is 0 Å². The van der Waals surface area contributed by atoms with Crippen LogP contribution in [0.2, 0.25) is 0 Å². The lowest BCUT2D eigenvalue weighted by Crippen LogP contribution is -2.33. The second-order valence-corrected chi connectivity index (χ2v) is 4.81. The molecule has 1 N–H and O–H groups in total. The predicted molar refractivity (Wildman–Crippen MR) is 64.3 cm³/mol. The van der Waals surface area contributed by atoms with E-state index in [0.29, 0.717) is 6.04 Å². The Morgan fingerprint density at radius 1 is 1.27 bits per heavy atom. The van der Waals surface area contributed by atoms with Crippen LogP contribution in [0.25, 0.3) is 0 Å². The fourth-order valence-electron chi connectivity index (χ4n) is 1.44. The van der Waals surface area contributed by atoms with Crippen molar-refractivity contribution in [2.75, 3.05) is 26.9 Å². The van der Waals surface area contributed by atoms with Crippen LogP contribution in [0.5, 0.6) is 0 Å². The van der Waals surface area contributed by atoms with Gasteiger partial charge >= 0.3 is 0 Å². The number of ether oxygens (including phenoxy) is 2. The first-order valence-electron chi connectivity index (χ1n) is 5.86. The summed E-state index contributed by atoms with van der Waals surface area (Å²) in [5.74, 6) is 0. The van der Waals surface area contributed by atoms with Crippen molar-refractivity contribution in [3.05, 3.63) is 0 Å². The molecule has 0 spiro atoms. The lowest BCUT2D eigenvalue weighted by molar-refractivity contribution is -0.00614. The SMILES string of the molecule is CCNC(CCCOC(C)(C)C)COC. The first kappa shape index (κ1) is 14.9. The summed E-state index contributed by atoms with van der Waals surface area (Å²) in [6, 6.07) is 0.462. The van der Waals surface area contributed by atoms with Crippen LogP contribution < -0.4 is 5.32 Å². The van der Waals surface area contributed by atoms with Crippen molar-refractivity contribution in [3.63, 3.8) is 0 Å². The Hall–Kier alpha value is -0.120. The fraction of sp³-hybridized carbons (Fsp3) is 1.00. The third-order valence-electron chi connectivity index (χ3n) is 2.09. The molecule has 0 bridgehead atoms. The maximum atomic E-state index is 5.67. The number of hydrogen-bond donors (Lipinski definition) is 1. The molecule has 0 radical (unpaired) electrons. The Bertz CT molecular complexity index is 137. The number of methoxy groups -OCH3 is 1. The molecule has 0 aromatic rings. The quantitative estimate of drug-likeness (QED) is 0.632. The minimum atomic E-state index is -0.0189. The van der Waals surface area contributed by atoms with Crippen molar-refractivity contribution in [3.8, 4) is 0 Å². The highest BCUT2D eigenvalue weighted by atomic mass is 16.5. The number of hydrogen-bond acceptors (Lipinski definition) is 3. The van der Waals surface area contributed by atoms with Gasteiger partial charge in [0.2, 0.25) is 0 Å². The van der Waals surface area contributed by atoms with Gasteiger partial charge in [0.1, 0.15) is 0 Å². The normalized spacial score (nSPS) is 14.2. The third-order valence-corrected chi connectivity index (χ3v) is 2.09. The van der Waals surface area contributed by atoms with E-state index in [0.717, 1.165) is 32.6 Å². The number of likely N-dealkylation sites (N-methyl/N-ethyl adjacent to an activating group) is 1. The molecule has 92 valence electrons. The monoisotopic (exact) mass is 217 g/mol. The van der Waals surface area contributed by atoms with Gasteiger partial charge < -0.3 is 14.8 Å². The van der Waals surface area contributed by atoms with E-state index in [4.69, 9.17) is 9.47 Å². The summed E-state index contributed by atoms with van der Waals surface area (Å²) < 4.78 is 10.8. The van der Waals surface area contributed by atoms with Crippen LogP contribution >= 0.6 is 0 Å². The van der Waals surface area contributed by atoms with Gasteiger partial charge in [-0.15, -0.1) is 0 Å². The van der Waals surface area contributed by atoms with E-state index in [-0.39, 0.29) is 5.60 Å². The van der Waals surface area contributed by atoms with E-state index in [1.807, 2.05) is 0 Å². The van der Waals surface area contributed by atoms with Crippen LogP contribution in [-0.2, 0) is 9.47 Å². The molecule has 1 atom stereocenters. The summed E-state index contributed by atoms with van der Waals surface area (Å²) >= 11 is 0. The lowest BCUT2D eigenvalue weighted by atomic mass is 10.1. The topological polar surface area (TPSA) is 30.5 Å². The molecule has 0 saturated heterocycles. The van der Waals surface area contributed by atoms with E-state index in [1.54, 1.807) is 7.11 Å². The van der Waals surface area contributed by atoms with Crippen LogP contribution in [-0.4, -0.2) is 38.5 Å². The largest absolute Gasteiger partial charge is 0.383 e. The van der Waals surface area contributed by atoms with Gasteiger partial charge in [-0.3, -0.25) is 0 Å². The van der Waals surface area contributed by atoms with Gasteiger partial charge in [0.05, 0.1) is 12.2 Å². The van der Waals surface area contributed by atoms with Gasteiger partial charge in [0.15, 0.2) is 0 Å². The highest BCUT2D eigenvalue weighted by molar-refractivity contribution is 4.65. The molecule has 0 aliphatic carbocycles. The summed E-state index contributed by atoms with van der Waals surface area (Å²) in [5, 5.41) is 3.40. The zero-order valence-corrected chi connectivity index (χ0v) is 10.9. The Balaban J connectivity index is 3.52. The number of rotatable bonds is 8. The Morgan fingerprint density at radius 3 is 2.40 bits per heavy atom. The zero-order chi connectivity index (χ0) is 11.7. The second-order valence-electron chi connectivity index (χ2n) is 4.81. The van der Waals surface area contributed by atoms with Gasteiger partial charge in [-0.25, -0.2) is 0 Å². The van der Waals surface area contributed by atoms with Crippen molar-refractivity contribution < 1.29 is 9.47 Å². The standard InChI is InChI=1S/C12H27NO2/c1-6-13-11(10-14-5)8-7-9-15-12(2,3)4/h11,13H,6-10H2,1-5H3. The lowest BCUT2D eigenvalue weighted by Gasteiger charge is -2.21. The van der Waals surface area contributed by atoms with E-state index < -0.39 is 0 Å². The maximum absolute atomic E-state index is 5.67. The molecule has 0 fully saturated rings. The Labute approximate surface area is 94.5 Å². The van der Waals surface area contributed by atoms with Gasteiger partial charge in [-0.05, 0) is 40.2 Å². The molecule has 3 nitrogen and oxygen atoms in total. The first-order valence-corrected chi connectivity index (χ1v) is 5.86. The van der Waals surface area contributed by atoms with Gasteiger partial charge in [-0.2, -0.15) is 0 Å². The van der Waals surface area contributed by atoms with Crippen molar-refractivity contribution >= 4 is 0 Å². The molecule has 0 aromatic heterocycles. The molecule has 0 heterocycles. The highest BCUT2D eigenvalue weighted by Crippen LogP contribution is 2.08. The van der Waals surface area contributed by atoms with Crippen molar-refractivity contribution in [1.29, 1.82) is 0 Å². The number of nitrogens with one attached hydrogen (secondary N) is 1. The summed E-state index contributed by atoms with van der Waals surface area (Å²) in [5.41, 5.74) is -0.0189. The average molecular weight is 217 g/mol. The molecular weight excluding hydrogens is 190 g/mol. The smallest absolute Gasteiger partial charge is 0.0615 e. The minimum Gasteiger partial charge on any atom is -0.383 e. The molecule has 0 aromatic carbocycles. The molecule has 0 aliphatic heterocycles. The van der Waals surface area contributed by atoms with Crippen LogP contribution in [0.4, 0.5) is 0 Å². The van der Waals surface area contributed by atoms with Crippen LogP contribution in [0.15, 0.2) is 0 Å². The van der Waals surface area contributed by atoms with Crippen molar-refractivity contribution in [2.45, 2.75) is 52.2 Å². The van der Waals surface area contributed by atoms with E-state index in [1.165, 1.54) is 0 Å². The molecule has 0 saturated carbocycles. The predicted octanol–water partition coefficient (Wildman–Crippen LogP) is 2.21. The summed E-state index contributed by atoms with van der Waals surface area (Å²) in [6.45, 7) is 11.0. The molecule has 3 heteroatoms. The third kappa shape index (κ3) is 10.2. The molecular formula is C12H27NO2. The Kier molecular flexibility index (Phi) is 8.02. The molecule has 0 amide bonds. The molecule has 1 unspecified atom stereocenters. The van der Waals surface area contributed by atoms with Gasteiger partial charge in [-0.1, -0.05) is 6.92 Å². The summed E-state index contributed by atoms with van der Waals surface area (Å²) in [7, 11) is 1.75. The van der Waals surface area contributed by atoms with Gasteiger partial charge in [0, 0.05) is 19.8 Å².